The van der Waals surface area contributed by atoms with E-state index in [1.54, 1.807) is 16.8 Å². The number of aromatic nitrogens is 3. The quantitative estimate of drug-likeness (QED) is 0.592. The number of hydrogen-bond acceptors (Lipinski definition) is 5. The molecule has 1 aliphatic carbocycles. The molecule has 4 rings (SSSR count). The molecule has 3 N–H and O–H groups in total. The van der Waals surface area contributed by atoms with Crippen LogP contribution in [-0.2, 0) is 0 Å². The average Bonchev–Trinajstić information content (AvgIpc) is 3.20. The highest BCUT2D eigenvalue weighted by Crippen LogP contribution is 2.43. The van der Waals surface area contributed by atoms with Gasteiger partial charge >= 0.3 is 0 Å². The zero-order valence-electron chi connectivity index (χ0n) is 13.9. The van der Waals surface area contributed by atoms with Crippen molar-refractivity contribution >= 4 is 22.6 Å². The van der Waals surface area contributed by atoms with Crippen molar-refractivity contribution in [1.82, 2.24) is 14.5 Å². The van der Waals surface area contributed by atoms with Gasteiger partial charge in [-0.1, -0.05) is 17.7 Å². The molecule has 9 heteroatoms. The van der Waals surface area contributed by atoms with Crippen LogP contribution in [0.25, 0.3) is 11.0 Å². The van der Waals surface area contributed by atoms with Crippen molar-refractivity contribution in [2.24, 2.45) is 5.92 Å². The largest absolute Gasteiger partial charge is 0.390 e. The Morgan fingerprint density at radius 3 is 2.63 bits per heavy atom. The van der Waals surface area contributed by atoms with Gasteiger partial charge in [0.1, 0.15) is 23.2 Å². The summed E-state index contributed by atoms with van der Waals surface area (Å²) in [6.45, 7) is 0. The molecular formula is C18H16ClF2N3O3. The van der Waals surface area contributed by atoms with Crippen molar-refractivity contribution in [3.63, 3.8) is 0 Å². The average molecular weight is 396 g/mol. The van der Waals surface area contributed by atoms with Crippen molar-refractivity contribution in [2.75, 3.05) is 0 Å². The van der Waals surface area contributed by atoms with Gasteiger partial charge in [0.2, 0.25) is 0 Å². The van der Waals surface area contributed by atoms with E-state index >= 15 is 0 Å². The topological polar surface area (TPSA) is 91.4 Å². The first-order chi connectivity index (χ1) is 12.9. The lowest BCUT2D eigenvalue weighted by Gasteiger charge is -2.22. The molecule has 0 aliphatic heterocycles. The van der Waals surface area contributed by atoms with Crippen LogP contribution in [0, 0.1) is 17.6 Å². The Labute approximate surface area is 157 Å². The van der Waals surface area contributed by atoms with Gasteiger partial charge in [0.05, 0.1) is 23.6 Å². The maximum absolute atomic E-state index is 13.5. The molecule has 0 bridgehead atoms. The highest BCUT2D eigenvalue weighted by atomic mass is 35.5. The number of fused-ring (bicyclic) bond motifs is 1. The first-order valence-electron chi connectivity index (χ1n) is 8.34. The second kappa shape index (κ2) is 6.79. The molecule has 1 fully saturated rings. The predicted octanol–water partition coefficient (Wildman–Crippen LogP) is 2.38. The third-order valence-corrected chi connectivity index (χ3v) is 5.51. The van der Waals surface area contributed by atoms with E-state index < -0.39 is 41.9 Å². The summed E-state index contributed by atoms with van der Waals surface area (Å²) in [4.78, 5) is 8.08. The van der Waals surface area contributed by atoms with Crippen LogP contribution in [-0.4, -0.2) is 42.1 Å². The third kappa shape index (κ3) is 2.98. The fourth-order valence-electron chi connectivity index (χ4n) is 3.78. The number of benzene rings is 1. The minimum atomic E-state index is -1.27. The van der Waals surface area contributed by atoms with Crippen LogP contribution in [0.5, 0.6) is 0 Å². The Morgan fingerprint density at radius 2 is 1.89 bits per heavy atom. The van der Waals surface area contributed by atoms with E-state index in [1.165, 1.54) is 12.4 Å². The highest BCUT2D eigenvalue weighted by Gasteiger charge is 2.46. The molecule has 0 radical (unpaired) electrons. The molecule has 2 heterocycles. The standard InChI is InChI=1S/C18H16ClF2N3O3/c19-17-9-3-4-24(18(9)23-7-22-17)13-6-10(15(26)16(13)27)14(25)8-1-2-11(20)12(21)5-8/h1-5,7,10,13-16,25-27H,6H2/t10?,13-,14?,15?,16+/m1/s1. The maximum Gasteiger partial charge on any atom is 0.159 e. The summed E-state index contributed by atoms with van der Waals surface area (Å²) in [7, 11) is 0. The molecule has 1 aliphatic rings. The van der Waals surface area contributed by atoms with Gasteiger partial charge in [-0.25, -0.2) is 18.7 Å². The fourth-order valence-corrected chi connectivity index (χ4v) is 3.97. The van der Waals surface area contributed by atoms with Gasteiger partial charge in [-0.2, -0.15) is 0 Å². The zero-order valence-corrected chi connectivity index (χ0v) is 14.6. The van der Waals surface area contributed by atoms with E-state index in [1.807, 2.05) is 0 Å². The number of rotatable bonds is 3. The summed E-state index contributed by atoms with van der Waals surface area (Å²) in [5, 5.41) is 32.4. The minimum Gasteiger partial charge on any atom is -0.390 e. The van der Waals surface area contributed by atoms with Crippen molar-refractivity contribution in [3.05, 3.63) is 59.1 Å². The molecule has 0 saturated heterocycles. The molecule has 2 aromatic heterocycles. The molecule has 3 aromatic rings. The summed E-state index contributed by atoms with van der Waals surface area (Å²) in [5.74, 6) is -2.88. The summed E-state index contributed by atoms with van der Waals surface area (Å²) < 4.78 is 28.3. The lowest BCUT2D eigenvalue weighted by molar-refractivity contribution is -0.0265. The Morgan fingerprint density at radius 1 is 1.11 bits per heavy atom. The fraction of sp³-hybridized carbons (Fsp3) is 0.333. The molecule has 0 spiro atoms. The Kier molecular flexibility index (Phi) is 4.59. The van der Waals surface area contributed by atoms with Crippen LogP contribution in [0.4, 0.5) is 8.78 Å². The molecule has 3 unspecified atom stereocenters. The van der Waals surface area contributed by atoms with Gasteiger partial charge in [0.15, 0.2) is 11.6 Å². The smallest absolute Gasteiger partial charge is 0.159 e. The van der Waals surface area contributed by atoms with E-state index in [-0.39, 0.29) is 17.1 Å². The van der Waals surface area contributed by atoms with E-state index in [0.717, 1.165) is 12.1 Å². The molecule has 5 atom stereocenters. The lowest BCUT2D eigenvalue weighted by atomic mass is 9.92. The maximum atomic E-state index is 13.5. The zero-order chi connectivity index (χ0) is 19.3. The Balaban J connectivity index is 1.66. The second-order valence-corrected chi connectivity index (χ2v) is 7.05. The van der Waals surface area contributed by atoms with Crippen LogP contribution in [0.1, 0.15) is 24.1 Å². The van der Waals surface area contributed by atoms with Crippen LogP contribution < -0.4 is 0 Å². The summed E-state index contributed by atoms with van der Waals surface area (Å²) >= 11 is 6.05. The van der Waals surface area contributed by atoms with E-state index in [4.69, 9.17) is 11.6 Å². The van der Waals surface area contributed by atoms with Gasteiger partial charge in [-0.3, -0.25) is 0 Å². The summed E-state index contributed by atoms with van der Waals surface area (Å²) in [6, 6.07) is 4.20. The number of halogens is 3. The molecular weight excluding hydrogens is 380 g/mol. The van der Waals surface area contributed by atoms with Gasteiger partial charge in [0, 0.05) is 12.1 Å². The molecule has 1 aromatic carbocycles. The van der Waals surface area contributed by atoms with Gasteiger partial charge in [-0.15, -0.1) is 0 Å². The first kappa shape index (κ1) is 18.2. The van der Waals surface area contributed by atoms with Crippen molar-refractivity contribution < 1.29 is 24.1 Å². The Hall–Kier alpha value is -2.13. The van der Waals surface area contributed by atoms with Crippen molar-refractivity contribution in [1.29, 1.82) is 0 Å². The number of hydrogen-bond donors (Lipinski definition) is 3. The number of aliphatic hydroxyl groups excluding tert-OH is 3. The van der Waals surface area contributed by atoms with E-state index in [9.17, 15) is 24.1 Å². The Bertz CT molecular complexity index is 999. The molecule has 6 nitrogen and oxygen atoms in total. The number of nitrogens with zero attached hydrogens (tertiary/aromatic N) is 3. The first-order valence-corrected chi connectivity index (χ1v) is 8.72. The normalized spacial score (nSPS) is 26.6. The highest BCUT2D eigenvalue weighted by molar-refractivity contribution is 6.33. The van der Waals surface area contributed by atoms with Crippen LogP contribution in [0.3, 0.4) is 0 Å². The monoisotopic (exact) mass is 395 g/mol. The van der Waals surface area contributed by atoms with Crippen molar-refractivity contribution in [2.45, 2.75) is 30.8 Å². The SMILES string of the molecule is OC(c1ccc(F)c(F)c1)C1C[C@@H](n2ccc3c(Cl)ncnc32)[C@H](O)C1O. The van der Waals surface area contributed by atoms with Crippen LogP contribution >= 0.6 is 11.6 Å². The lowest BCUT2D eigenvalue weighted by Crippen LogP contribution is -2.31. The molecule has 1 saturated carbocycles. The van der Waals surface area contributed by atoms with E-state index in [2.05, 4.69) is 9.97 Å². The molecule has 0 amide bonds. The summed E-state index contributed by atoms with van der Waals surface area (Å²) in [6.07, 6.45) is -0.527. The predicted molar refractivity (Wildman–Crippen MR) is 93.0 cm³/mol. The molecule has 142 valence electrons. The van der Waals surface area contributed by atoms with Gasteiger partial charge in [0.25, 0.3) is 0 Å². The van der Waals surface area contributed by atoms with Crippen LogP contribution in [0.2, 0.25) is 5.15 Å². The third-order valence-electron chi connectivity index (χ3n) is 5.21. The number of aliphatic hydroxyl groups is 3. The van der Waals surface area contributed by atoms with Crippen LogP contribution in [0.15, 0.2) is 36.8 Å². The van der Waals surface area contributed by atoms with E-state index in [0.29, 0.717) is 11.0 Å². The van der Waals surface area contributed by atoms with Crippen molar-refractivity contribution in [3.8, 4) is 0 Å². The van der Waals surface area contributed by atoms with Gasteiger partial charge in [-0.05, 0) is 30.2 Å². The summed E-state index contributed by atoms with van der Waals surface area (Å²) in [5.41, 5.74) is 0.628. The second-order valence-electron chi connectivity index (χ2n) is 6.69. The van der Waals surface area contributed by atoms with Gasteiger partial charge < -0.3 is 19.9 Å². The molecule has 27 heavy (non-hydrogen) atoms. The minimum absolute atomic E-state index is 0.133.